The van der Waals surface area contributed by atoms with Gasteiger partial charge in [0.2, 0.25) is 10.0 Å². The maximum absolute atomic E-state index is 12.0. The summed E-state index contributed by atoms with van der Waals surface area (Å²) in [5.41, 5.74) is 0. The molecule has 0 aromatic carbocycles. The standard InChI is InChI=1S/C11H13ClN2O4S4/c1-14(2)22(17,18)11-5-3-8(19-11)7-13-21(15,16)10-6-4-9(12)20-10/h3-6,13H,7H2,1-2H3. The van der Waals surface area contributed by atoms with Crippen molar-refractivity contribution in [1.29, 1.82) is 0 Å². The second-order valence-corrected chi connectivity index (χ2v) is 11.6. The number of rotatable bonds is 6. The Balaban J connectivity index is 2.12. The van der Waals surface area contributed by atoms with E-state index in [0.717, 1.165) is 27.0 Å². The smallest absolute Gasteiger partial charge is 0.206 e. The quantitative estimate of drug-likeness (QED) is 0.805. The number of hydrogen-bond acceptors (Lipinski definition) is 6. The average Bonchev–Trinajstić information content (AvgIpc) is 3.05. The Morgan fingerprint density at radius 3 is 2.23 bits per heavy atom. The predicted octanol–water partition coefficient (Wildman–Crippen LogP) is 2.19. The molecule has 0 atom stereocenters. The Hall–Kier alpha value is -0.490. The van der Waals surface area contributed by atoms with Crippen LogP contribution in [-0.4, -0.2) is 35.2 Å². The third-order valence-corrected chi connectivity index (χ3v) is 9.11. The van der Waals surface area contributed by atoms with Crippen molar-refractivity contribution in [3.8, 4) is 0 Å². The summed E-state index contributed by atoms with van der Waals surface area (Å²) < 4.78 is 52.2. The Morgan fingerprint density at radius 2 is 1.68 bits per heavy atom. The molecule has 0 aliphatic carbocycles. The first-order valence-corrected chi connectivity index (χ1v) is 10.8. The molecule has 2 aromatic heterocycles. The van der Waals surface area contributed by atoms with Crippen molar-refractivity contribution in [2.24, 2.45) is 0 Å². The second-order valence-electron chi connectivity index (χ2n) is 4.39. The lowest BCUT2D eigenvalue weighted by atomic mass is 10.5. The summed E-state index contributed by atoms with van der Waals surface area (Å²) in [4.78, 5) is 0.603. The van der Waals surface area contributed by atoms with Gasteiger partial charge in [-0.2, -0.15) is 0 Å². The van der Waals surface area contributed by atoms with E-state index < -0.39 is 20.0 Å². The van der Waals surface area contributed by atoms with Gasteiger partial charge >= 0.3 is 0 Å². The molecule has 22 heavy (non-hydrogen) atoms. The van der Waals surface area contributed by atoms with Crippen molar-refractivity contribution < 1.29 is 16.8 Å². The van der Waals surface area contributed by atoms with Crippen molar-refractivity contribution in [1.82, 2.24) is 9.03 Å². The van der Waals surface area contributed by atoms with Crippen molar-refractivity contribution in [2.75, 3.05) is 14.1 Å². The third-order valence-electron chi connectivity index (χ3n) is 2.62. The molecule has 11 heteroatoms. The topological polar surface area (TPSA) is 83.6 Å². The highest BCUT2D eigenvalue weighted by molar-refractivity contribution is 7.91. The molecule has 6 nitrogen and oxygen atoms in total. The number of nitrogens with one attached hydrogen (secondary N) is 1. The van der Waals surface area contributed by atoms with Gasteiger partial charge in [-0.15, -0.1) is 22.7 Å². The van der Waals surface area contributed by atoms with Crippen molar-refractivity contribution in [2.45, 2.75) is 15.0 Å². The van der Waals surface area contributed by atoms with E-state index in [2.05, 4.69) is 4.72 Å². The Kier molecular flexibility index (Phi) is 5.32. The van der Waals surface area contributed by atoms with E-state index in [0.29, 0.717) is 9.21 Å². The van der Waals surface area contributed by atoms with Gasteiger partial charge in [0, 0.05) is 25.5 Å². The minimum absolute atomic E-state index is 0.0193. The zero-order chi connectivity index (χ0) is 16.5. The number of thiophene rings is 2. The Labute approximate surface area is 142 Å². The van der Waals surface area contributed by atoms with Crippen LogP contribution in [0.5, 0.6) is 0 Å². The fourth-order valence-corrected chi connectivity index (χ4v) is 6.54. The molecule has 2 aromatic rings. The first-order valence-electron chi connectivity index (χ1n) is 5.89. The predicted molar refractivity (Wildman–Crippen MR) is 88.5 cm³/mol. The van der Waals surface area contributed by atoms with E-state index in [1.807, 2.05) is 0 Å². The SMILES string of the molecule is CN(C)S(=O)(=O)c1ccc(CNS(=O)(=O)c2ccc(Cl)s2)s1. The summed E-state index contributed by atoms with van der Waals surface area (Å²) in [5, 5.41) is 0. The average molecular weight is 401 g/mol. The minimum Gasteiger partial charge on any atom is -0.206 e. The molecule has 0 spiro atoms. The van der Waals surface area contributed by atoms with Crippen LogP contribution in [0.2, 0.25) is 4.34 Å². The molecule has 2 heterocycles. The molecule has 0 radical (unpaired) electrons. The van der Waals surface area contributed by atoms with E-state index in [4.69, 9.17) is 11.6 Å². The molecule has 0 aliphatic heterocycles. The molecule has 0 saturated carbocycles. The van der Waals surface area contributed by atoms with Crippen LogP contribution in [0.1, 0.15) is 4.88 Å². The van der Waals surface area contributed by atoms with Crippen molar-refractivity contribution >= 4 is 54.3 Å². The number of sulfonamides is 2. The van der Waals surface area contributed by atoms with Crippen molar-refractivity contribution in [3.05, 3.63) is 33.5 Å². The van der Waals surface area contributed by atoms with Crippen LogP contribution in [-0.2, 0) is 26.6 Å². The maximum atomic E-state index is 12.0. The van der Waals surface area contributed by atoms with Gasteiger partial charge in [0.1, 0.15) is 8.42 Å². The summed E-state index contributed by atoms with van der Waals surface area (Å²) in [6, 6.07) is 5.98. The largest absolute Gasteiger partial charge is 0.252 e. The summed E-state index contributed by atoms with van der Waals surface area (Å²) >= 11 is 7.71. The first kappa shape index (κ1) is 17.9. The lowest BCUT2D eigenvalue weighted by molar-refractivity contribution is 0.523. The first-order chi connectivity index (χ1) is 10.1. The van der Waals surface area contributed by atoms with Crippen LogP contribution in [0.4, 0.5) is 0 Å². The van der Waals surface area contributed by atoms with Gasteiger partial charge in [-0.3, -0.25) is 0 Å². The number of nitrogens with zero attached hydrogens (tertiary/aromatic N) is 1. The van der Waals surface area contributed by atoms with E-state index >= 15 is 0 Å². The zero-order valence-corrected chi connectivity index (χ0v) is 15.6. The molecule has 1 N–H and O–H groups in total. The maximum Gasteiger partial charge on any atom is 0.252 e. The third kappa shape index (κ3) is 3.88. The van der Waals surface area contributed by atoms with Gasteiger partial charge in [0.05, 0.1) is 4.34 Å². The lowest BCUT2D eigenvalue weighted by Gasteiger charge is -2.08. The van der Waals surface area contributed by atoms with Gasteiger partial charge in [0.25, 0.3) is 10.0 Å². The molecule has 122 valence electrons. The Morgan fingerprint density at radius 1 is 1.05 bits per heavy atom. The highest BCUT2D eigenvalue weighted by atomic mass is 35.5. The van der Waals surface area contributed by atoms with Crippen LogP contribution in [0.25, 0.3) is 0 Å². The van der Waals surface area contributed by atoms with Gasteiger partial charge in [-0.05, 0) is 24.3 Å². The fraction of sp³-hybridized carbons (Fsp3) is 0.273. The van der Waals surface area contributed by atoms with E-state index in [9.17, 15) is 16.8 Å². The van der Waals surface area contributed by atoms with E-state index in [-0.39, 0.29) is 15.0 Å². The minimum atomic E-state index is -3.65. The van der Waals surface area contributed by atoms with Crippen molar-refractivity contribution in [3.63, 3.8) is 0 Å². The highest BCUT2D eigenvalue weighted by Crippen LogP contribution is 2.27. The molecular weight excluding hydrogens is 388 g/mol. The normalized spacial score (nSPS) is 12.9. The Bertz CT molecular complexity index is 868. The van der Waals surface area contributed by atoms with Crippen LogP contribution in [0.15, 0.2) is 32.7 Å². The van der Waals surface area contributed by atoms with Gasteiger partial charge in [-0.1, -0.05) is 11.6 Å². The summed E-state index contributed by atoms with van der Waals surface area (Å²) in [6.45, 7) is 0.0193. The van der Waals surface area contributed by atoms with Crippen LogP contribution >= 0.6 is 34.3 Å². The van der Waals surface area contributed by atoms with Crippen LogP contribution in [0.3, 0.4) is 0 Å². The monoisotopic (exact) mass is 400 g/mol. The molecule has 0 fully saturated rings. The van der Waals surface area contributed by atoms with E-state index in [1.54, 1.807) is 6.07 Å². The fourth-order valence-electron chi connectivity index (χ4n) is 1.45. The van der Waals surface area contributed by atoms with Gasteiger partial charge in [0.15, 0.2) is 0 Å². The summed E-state index contributed by atoms with van der Waals surface area (Å²) in [5.74, 6) is 0. The molecule has 0 saturated heterocycles. The number of halogens is 1. The molecule has 0 amide bonds. The number of hydrogen-bond donors (Lipinski definition) is 1. The van der Waals surface area contributed by atoms with Crippen LogP contribution in [0, 0.1) is 0 Å². The van der Waals surface area contributed by atoms with Gasteiger partial charge in [-0.25, -0.2) is 25.9 Å². The van der Waals surface area contributed by atoms with Crippen LogP contribution < -0.4 is 4.72 Å². The summed E-state index contributed by atoms with van der Waals surface area (Å²) in [7, 11) is -4.26. The molecule has 0 aliphatic rings. The molecule has 2 rings (SSSR count). The highest BCUT2D eigenvalue weighted by Gasteiger charge is 2.21. The molecule has 0 unspecified atom stereocenters. The molecule has 0 bridgehead atoms. The van der Waals surface area contributed by atoms with E-state index in [1.165, 1.54) is 32.3 Å². The second kappa shape index (κ2) is 6.56. The molecular formula is C11H13ClN2O4S4. The summed E-state index contributed by atoms with van der Waals surface area (Å²) in [6.07, 6.45) is 0. The zero-order valence-electron chi connectivity index (χ0n) is 11.6. The lowest BCUT2D eigenvalue weighted by Crippen LogP contribution is -2.22. The van der Waals surface area contributed by atoms with Gasteiger partial charge < -0.3 is 0 Å².